The highest BCUT2D eigenvalue weighted by Gasteiger charge is 2.32. The van der Waals surface area contributed by atoms with Gasteiger partial charge in [0.2, 0.25) is 18.2 Å². The number of carbonyl (C=O) groups excluding carboxylic acids is 5. The van der Waals surface area contributed by atoms with E-state index in [2.05, 4.69) is 72.7 Å². The number of nitrogens with one attached hydrogen (secondary N) is 1. The zero-order chi connectivity index (χ0) is 56.3. The van der Waals surface area contributed by atoms with E-state index >= 15 is 0 Å². The molecule has 75 heavy (non-hydrogen) atoms. The van der Waals surface area contributed by atoms with Crippen LogP contribution in [0.15, 0.2) is 71.9 Å². The van der Waals surface area contributed by atoms with E-state index in [1.807, 2.05) is 78.9 Å². The number of aryl methyl sites for hydroxylation is 2. The van der Waals surface area contributed by atoms with Gasteiger partial charge in [0.25, 0.3) is 6.47 Å². The van der Waals surface area contributed by atoms with Crippen molar-refractivity contribution in [1.82, 2.24) is 34.6 Å². The standard InChI is InChI=1S/C38H52N4O5.C18H33N5O3.C2H6/c1-8-17-39-35(28(3)46-7)23-37-34(24-38(4,5)25-47-27-44)33-22-30(15-16-36(33)42(37)9-2)31-19-29(20-32(45)21-31)14-12-10-11-13-18-41(6)40-26-43;1-14(2)16(17(19)25)21(5)18(26)23-11-7-10-22(12-13-23)15(24)8-6-9-20(3)4;1-2/h8,15-17,19-23,26-28,45H,1,9-14,18,24-25H2,2-7H3,(H,40,43);6,8,14,16H,7,9-13H2,1-5H3,(H2,19,25);1-2H3/b35-23+,39-17?;8-6+;. The van der Waals surface area contributed by atoms with Crippen molar-refractivity contribution in [2.45, 2.75) is 119 Å². The average Bonchev–Trinajstić information content (AvgIpc) is 3.47. The molecule has 5 amide bonds. The summed E-state index contributed by atoms with van der Waals surface area (Å²) in [6.07, 6.45) is 15.7. The topological polar surface area (TPSA) is 196 Å². The predicted molar refractivity (Wildman–Crippen MR) is 304 cm³/mol. The molecule has 1 saturated heterocycles. The number of aliphatic imine (C=N–C) groups is 1. The van der Waals surface area contributed by atoms with Crippen molar-refractivity contribution in [3.05, 3.63) is 83.7 Å². The number of phenolic OH excluding ortho intramolecular Hbond substituents is 1. The zero-order valence-electron chi connectivity index (χ0n) is 47.6. The summed E-state index contributed by atoms with van der Waals surface area (Å²) in [5, 5.41) is 13.6. The highest BCUT2D eigenvalue weighted by atomic mass is 16.5. The molecule has 17 heteroatoms. The van der Waals surface area contributed by atoms with Crippen LogP contribution in [0.5, 0.6) is 5.75 Å². The van der Waals surface area contributed by atoms with Crippen molar-refractivity contribution in [3.8, 4) is 16.9 Å². The van der Waals surface area contributed by atoms with Crippen molar-refractivity contribution in [1.29, 1.82) is 0 Å². The molecule has 1 aliphatic heterocycles. The highest BCUT2D eigenvalue weighted by molar-refractivity contribution is 5.93. The number of rotatable bonds is 27. The van der Waals surface area contributed by atoms with Crippen molar-refractivity contribution < 1.29 is 38.6 Å². The number of aromatic hydroxyl groups is 1. The molecular weight excluding hydrogens is 951 g/mol. The van der Waals surface area contributed by atoms with Crippen LogP contribution in [0, 0.1) is 11.3 Å². The van der Waals surface area contributed by atoms with Gasteiger partial charge in [-0.3, -0.25) is 29.6 Å². The summed E-state index contributed by atoms with van der Waals surface area (Å²) in [6.45, 7) is 24.9. The first-order valence-electron chi connectivity index (χ1n) is 26.5. The minimum Gasteiger partial charge on any atom is -0.508 e. The Morgan fingerprint density at radius 3 is 2.24 bits per heavy atom. The van der Waals surface area contributed by atoms with Crippen LogP contribution in [0.2, 0.25) is 0 Å². The Hall–Kier alpha value is -6.30. The average molecular weight is 1040 g/mol. The van der Waals surface area contributed by atoms with E-state index < -0.39 is 11.9 Å². The van der Waals surface area contributed by atoms with Crippen molar-refractivity contribution in [3.63, 3.8) is 0 Å². The molecule has 1 aliphatic rings. The van der Waals surface area contributed by atoms with E-state index in [0.29, 0.717) is 58.4 Å². The van der Waals surface area contributed by atoms with Gasteiger partial charge < -0.3 is 44.5 Å². The number of fused-ring (bicyclic) bond motifs is 1. The van der Waals surface area contributed by atoms with Gasteiger partial charge in [0.1, 0.15) is 11.8 Å². The number of hydrazine groups is 1. The molecule has 17 nitrogen and oxygen atoms in total. The molecule has 0 saturated carbocycles. The number of ether oxygens (including phenoxy) is 2. The lowest BCUT2D eigenvalue weighted by Gasteiger charge is -2.33. The number of likely N-dealkylation sites (N-methyl/N-ethyl adjacent to an activating group) is 2. The summed E-state index contributed by atoms with van der Waals surface area (Å²) in [7, 11) is 9.02. The van der Waals surface area contributed by atoms with Crippen molar-refractivity contribution in [2.75, 3.05) is 81.2 Å². The highest BCUT2D eigenvalue weighted by Crippen LogP contribution is 2.37. The number of urea groups is 1. The molecule has 0 bridgehead atoms. The van der Waals surface area contributed by atoms with Gasteiger partial charge in [0.05, 0.1) is 18.4 Å². The predicted octanol–water partition coefficient (Wildman–Crippen LogP) is 8.33. The Bertz CT molecular complexity index is 2370. The zero-order valence-corrected chi connectivity index (χ0v) is 47.6. The van der Waals surface area contributed by atoms with Crippen LogP contribution < -0.4 is 11.2 Å². The quantitative estimate of drug-likeness (QED) is 0.0220. The number of allylic oxidation sites excluding steroid dienone is 1. The van der Waals surface area contributed by atoms with E-state index in [-0.39, 0.29) is 41.7 Å². The number of primary amides is 1. The fraction of sp³-hybridized carbons (Fsp3) is 0.552. The molecule has 2 atom stereocenters. The Morgan fingerprint density at radius 1 is 0.947 bits per heavy atom. The lowest BCUT2D eigenvalue weighted by molar-refractivity contribution is -0.131. The lowest BCUT2D eigenvalue weighted by Crippen LogP contribution is -2.53. The van der Waals surface area contributed by atoms with Gasteiger partial charge >= 0.3 is 6.03 Å². The van der Waals surface area contributed by atoms with Gasteiger partial charge in [-0.15, -0.1) is 0 Å². The van der Waals surface area contributed by atoms with E-state index in [9.17, 15) is 29.1 Å². The van der Waals surface area contributed by atoms with Crippen molar-refractivity contribution in [2.24, 2.45) is 22.1 Å². The van der Waals surface area contributed by atoms with Gasteiger partial charge in [-0.1, -0.05) is 85.2 Å². The third kappa shape index (κ3) is 21.1. The summed E-state index contributed by atoms with van der Waals surface area (Å²) in [6, 6.07) is 11.5. The Morgan fingerprint density at radius 2 is 1.63 bits per heavy atom. The number of amides is 5. The van der Waals surface area contributed by atoms with E-state index in [0.717, 1.165) is 89.7 Å². The summed E-state index contributed by atoms with van der Waals surface area (Å²) in [5.41, 5.74) is 14.9. The summed E-state index contributed by atoms with van der Waals surface area (Å²) in [5.74, 6) is -0.354. The molecule has 2 aromatic carbocycles. The Balaban J connectivity index is 0.000000581. The minimum atomic E-state index is -0.641. The normalized spacial score (nSPS) is 14.1. The van der Waals surface area contributed by atoms with E-state index in [4.69, 9.17) is 15.2 Å². The fourth-order valence-electron chi connectivity index (χ4n) is 9.04. The molecule has 4 N–H and O–H groups in total. The summed E-state index contributed by atoms with van der Waals surface area (Å²) in [4.78, 5) is 69.8. The van der Waals surface area contributed by atoms with E-state index in [1.165, 1.54) is 4.90 Å². The van der Waals surface area contributed by atoms with Gasteiger partial charge in [-0.25, -0.2) is 9.80 Å². The number of nitrogens with zero attached hydrogens (tertiary/aromatic N) is 7. The number of unbranched alkanes of at least 4 members (excludes halogenated alkanes) is 3. The molecule has 2 heterocycles. The van der Waals surface area contributed by atoms with Crippen LogP contribution in [0.4, 0.5) is 4.79 Å². The second-order valence-electron chi connectivity index (χ2n) is 20.1. The van der Waals surface area contributed by atoms with Gasteiger partial charge in [0.15, 0.2) is 0 Å². The van der Waals surface area contributed by atoms with Gasteiger partial charge in [0, 0.05) is 101 Å². The maximum absolute atomic E-state index is 12.7. The summed E-state index contributed by atoms with van der Waals surface area (Å²) < 4.78 is 13.2. The number of hydrogen-bond acceptors (Lipinski definition) is 11. The first-order chi connectivity index (χ1) is 35.7. The molecule has 1 fully saturated rings. The number of phenols is 1. The van der Waals surface area contributed by atoms with Crippen LogP contribution in [0.1, 0.15) is 104 Å². The first kappa shape index (κ1) is 64.8. The molecule has 416 valence electrons. The van der Waals surface area contributed by atoms with Crippen LogP contribution in [0.3, 0.4) is 0 Å². The molecule has 1 aromatic heterocycles. The second-order valence-corrected chi connectivity index (χ2v) is 20.1. The Labute approximate surface area is 448 Å². The molecule has 0 radical (unpaired) electrons. The molecule has 0 aliphatic carbocycles. The smallest absolute Gasteiger partial charge is 0.320 e. The minimum absolute atomic E-state index is 0.0355. The second kappa shape index (κ2) is 33.6. The molecule has 4 rings (SSSR count). The maximum atomic E-state index is 12.7. The van der Waals surface area contributed by atoms with Gasteiger partial charge in [-0.2, -0.15) is 0 Å². The number of benzene rings is 2. The van der Waals surface area contributed by atoms with Crippen LogP contribution in [-0.2, 0) is 48.0 Å². The molecule has 2 unspecified atom stereocenters. The number of nitrogens with two attached hydrogens (primary N) is 1. The third-order valence-electron chi connectivity index (χ3n) is 12.9. The molecule has 3 aromatic rings. The third-order valence-corrected chi connectivity index (χ3v) is 12.9. The van der Waals surface area contributed by atoms with Crippen molar-refractivity contribution >= 4 is 53.9 Å². The number of aromatic nitrogens is 1. The largest absolute Gasteiger partial charge is 0.508 e. The Kier molecular flexibility index (Phi) is 29.0. The molecular formula is C58H91N9O8. The number of methoxy groups -OCH3 is 1. The van der Waals surface area contributed by atoms with Crippen LogP contribution >= 0.6 is 0 Å². The first-order valence-corrected chi connectivity index (χ1v) is 26.5. The fourth-order valence-corrected chi connectivity index (χ4v) is 9.04. The van der Waals surface area contributed by atoms with E-state index in [1.54, 1.807) is 47.3 Å². The van der Waals surface area contributed by atoms with Crippen LogP contribution in [-0.4, -0.2) is 165 Å². The SMILES string of the molecule is C=CC=N/C(=C/c1c(CC(C)(C)COC=O)c2cc(-c3cc(O)cc(CCCCCCN(C)NC=O)c3)ccc2n1CC)C(C)OC.CC.CC(C)C(C(N)=O)N(C)C(=O)N1CCCN(C(=O)/C=C/CN(C)C)CC1. The van der Waals surface area contributed by atoms with Gasteiger partial charge in [-0.05, 0) is 119 Å². The maximum Gasteiger partial charge on any atom is 0.320 e. The van der Waals surface area contributed by atoms with Crippen LogP contribution in [0.25, 0.3) is 28.1 Å². The number of hydrogen-bond donors (Lipinski definition) is 3. The monoisotopic (exact) mass is 1040 g/mol. The number of carbonyl (C=O) groups is 5. The lowest BCUT2D eigenvalue weighted by atomic mass is 9.85. The summed E-state index contributed by atoms with van der Waals surface area (Å²) >= 11 is 0. The molecule has 0 spiro atoms.